The monoisotopic (exact) mass is 693 g/mol. The normalized spacial score (nSPS) is 23.2. The molecule has 2 aliphatic carbocycles. The first-order chi connectivity index (χ1) is 23.2. The summed E-state index contributed by atoms with van der Waals surface area (Å²) in [5.41, 5.74) is -0.525. The highest BCUT2D eigenvalue weighted by Gasteiger charge is 2.44. The number of aryl methyl sites for hydroxylation is 1. The molecular weight excluding hydrogens is 651 g/mol. The van der Waals surface area contributed by atoms with Crippen molar-refractivity contribution >= 4 is 5.97 Å². The Bertz CT molecular complexity index is 1590. The minimum absolute atomic E-state index is 0.0373. The van der Waals surface area contributed by atoms with E-state index in [9.17, 15) is 40.6 Å². The van der Waals surface area contributed by atoms with Gasteiger partial charge in [-0.3, -0.25) is 9.48 Å². The second-order valence-electron chi connectivity index (χ2n) is 14.3. The van der Waals surface area contributed by atoms with E-state index in [0.29, 0.717) is 24.6 Å². The predicted octanol–water partition coefficient (Wildman–Crippen LogP) is 9.16. The smallest absolute Gasteiger partial charge is 0.416 e. The fourth-order valence-electron chi connectivity index (χ4n) is 8.28. The van der Waals surface area contributed by atoms with Gasteiger partial charge in [0, 0.05) is 31.1 Å². The fraction of sp³-hybridized carbons (Fsp3) is 0.568. The van der Waals surface area contributed by atoms with Gasteiger partial charge in [-0.2, -0.15) is 31.4 Å². The summed E-state index contributed by atoms with van der Waals surface area (Å²) in [6, 6.07) is 10.1. The topological polar surface area (TPSA) is 58.4 Å². The number of hydrogen-bond donors (Lipinski definition) is 1. The third-order valence-electron chi connectivity index (χ3n) is 10.9. The van der Waals surface area contributed by atoms with Gasteiger partial charge in [-0.05, 0) is 123 Å². The van der Waals surface area contributed by atoms with E-state index in [1.54, 1.807) is 16.8 Å². The standard InChI is InChI=1S/C37H42F7N3O2/c1-2-47-34(20-31(45-47)14-23-12-28(36(39,40)41)19-29(13-23)37(42,43)44)24-8-10-46(11-9-24)21-27-16-26(33(35(48)49)15-22-6-7-22)18-32(27)25-4-3-5-30(38)17-25/h3-5,12-13,17,19-20,22,24,26-27,32-33H,2,6-11,14-16,18,21H2,1H3,(H,48,49)/t26?,27?,32?,33-/m0/s1. The van der Waals surface area contributed by atoms with Crippen molar-refractivity contribution in [3.63, 3.8) is 0 Å². The summed E-state index contributed by atoms with van der Waals surface area (Å²) >= 11 is 0. The minimum Gasteiger partial charge on any atom is -0.481 e. The number of hydrogen-bond acceptors (Lipinski definition) is 3. The van der Waals surface area contributed by atoms with Crippen LogP contribution in [0.2, 0.25) is 0 Å². The number of likely N-dealkylation sites (tertiary alicyclic amines) is 1. The Morgan fingerprint density at radius 1 is 0.939 bits per heavy atom. The van der Waals surface area contributed by atoms with Crippen LogP contribution < -0.4 is 0 Å². The number of rotatable bonds is 11. The first kappa shape index (κ1) is 35.4. The van der Waals surface area contributed by atoms with Crippen LogP contribution in [0, 0.1) is 29.5 Å². The lowest BCUT2D eigenvalue weighted by Gasteiger charge is -2.35. The van der Waals surface area contributed by atoms with Crippen molar-refractivity contribution < 1.29 is 40.6 Å². The number of halogens is 7. The molecule has 2 aromatic carbocycles. The van der Waals surface area contributed by atoms with Gasteiger partial charge in [0.2, 0.25) is 0 Å². The summed E-state index contributed by atoms with van der Waals surface area (Å²) in [5.74, 6) is -0.523. The van der Waals surface area contributed by atoms with Crippen molar-refractivity contribution in [2.24, 2.45) is 23.7 Å². The van der Waals surface area contributed by atoms with Crippen LogP contribution in [-0.4, -0.2) is 45.4 Å². The lowest BCUT2D eigenvalue weighted by Crippen LogP contribution is -2.37. The van der Waals surface area contributed by atoms with Gasteiger partial charge >= 0.3 is 18.3 Å². The SMILES string of the molecule is CCn1nc(Cc2cc(C(F)(F)F)cc(C(F)(F)F)c2)cc1C1CCN(CC2CC([C@H](CC3CC3)C(=O)O)CC2c2cccc(F)c2)CC1. The zero-order chi connectivity index (χ0) is 35.1. The average Bonchev–Trinajstić information content (AvgIpc) is 3.63. The minimum atomic E-state index is -4.91. The summed E-state index contributed by atoms with van der Waals surface area (Å²) in [6.45, 7) is 4.74. The maximum Gasteiger partial charge on any atom is 0.416 e. The van der Waals surface area contributed by atoms with Crippen molar-refractivity contribution in [3.05, 3.63) is 88.0 Å². The van der Waals surface area contributed by atoms with Gasteiger partial charge < -0.3 is 10.0 Å². The number of carboxylic acids is 1. The second kappa shape index (κ2) is 14.1. The van der Waals surface area contributed by atoms with Crippen molar-refractivity contribution in [2.45, 2.75) is 89.0 Å². The van der Waals surface area contributed by atoms with Gasteiger partial charge in [-0.1, -0.05) is 25.0 Å². The molecule has 3 unspecified atom stereocenters. The highest BCUT2D eigenvalue weighted by molar-refractivity contribution is 5.70. The molecule has 4 atom stereocenters. The molecule has 1 aliphatic heterocycles. The average molecular weight is 694 g/mol. The summed E-state index contributed by atoms with van der Waals surface area (Å²) in [6.07, 6.45) is -4.00. The van der Waals surface area contributed by atoms with E-state index in [1.807, 2.05) is 19.1 Å². The number of nitrogens with zero attached hydrogens (tertiary/aromatic N) is 3. The molecule has 1 saturated heterocycles. The third kappa shape index (κ3) is 8.49. The first-order valence-corrected chi connectivity index (χ1v) is 17.2. The van der Waals surface area contributed by atoms with Gasteiger partial charge in [0.15, 0.2) is 0 Å². The quantitative estimate of drug-likeness (QED) is 0.204. The molecule has 49 heavy (non-hydrogen) atoms. The largest absolute Gasteiger partial charge is 0.481 e. The number of aliphatic carboxylic acids is 1. The Morgan fingerprint density at radius 2 is 1.61 bits per heavy atom. The molecule has 3 fully saturated rings. The molecule has 266 valence electrons. The Labute approximate surface area is 281 Å². The van der Waals surface area contributed by atoms with E-state index in [1.165, 1.54) is 6.07 Å². The van der Waals surface area contributed by atoms with Gasteiger partial charge in [0.1, 0.15) is 5.82 Å². The highest BCUT2D eigenvalue weighted by atomic mass is 19.4. The van der Waals surface area contributed by atoms with Crippen LogP contribution in [0.3, 0.4) is 0 Å². The Morgan fingerprint density at radius 3 is 2.18 bits per heavy atom. The molecule has 6 rings (SSSR count). The Hall–Kier alpha value is -3.41. The Balaban J connectivity index is 1.14. The first-order valence-electron chi connectivity index (χ1n) is 17.2. The molecular formula is C37H42F7N3O2. The van der Waals surface area contributed by atoms with Crippen LogP contribution in [0.25, 0.3) is 0 Å². The van der Waals surface area contributed by atoms with Gasteiger partial charge in [-0.15, -0.1) is 0 Å². The zero-order valence-corrected chi connectivity index (χ0v) is 27.4. The summed E-state index contributed by atoms with van der Waals surface area (Å²) < 4.78 is 96.7. The zero-order valence-electron chi connectivity index (χ0n) is 27.4. The van der Waals surface area contributed by atoms with Crippen molar-refractivity contribution in [1.82, 2.24) is 14.7 Å². The molecule has 5 nitrogen and oxygen atoms in total. The third-order valence-corrected chi connectivity index (χ3v) is 10.9. The van der Waals surface area contributed by atoms with Gasteiger partial charge in [0.05, 0.1) is 22.7 Å². The number of aromatic nitrogens is 2. The van der Waals surface area contributed by atoms with E-state index < -0.39 is 29.4 Å². The van der Waals surface area contributed by atoms with Crippen LogP contribution in [-0.2, 0) is 30.1 Å². The fourth-order valence-corrected chi connectivity index (χ4v) is 8.28. The number of benzene rings is 2. The molecule has 0 bridgehead atoms. The van der Waals surface area contributed by atoms with Crippen LogP contribution in [0.1, 0.15) is 97.3 Å². The maximum absolute atomic E-state index is 14.3. The molecule has 2 saturated carbocycles. The van der Waals surface area contributed by atoms with Crippen molar-refractivity contribution in [3.8, 4) is 0 Å². The Kier molecular flexibility index (Phi) is 10.2. The molecule has 12 heteroatoms. The van der Waals surface area contributed by atoms with E-state index in [-0.39, 0.29) is 53.5 Å². The van der Waals surface area contributed by atoms with E-state index in [2.05, 4.69) is 10.00 Å². The lowest BCUT2D eigenvalue weighted by molar-refractivity contribution is -0.145. The van der Waals surface area contributed by atoms with Crippen LogP contribution >= 0.6 is 0 Å². The molecule has 0 radical (unpaired) electrons. The summed E-state index contributed by atoms with van der Waals surface area (Å²) in [7, 11) is 0. The van der Waals surface area contributed by atoms with Crippen molar-refractivity contribution in [1.29, 1.82) is 0 Å². The summed E-state index contributed by atoms with van der Waals surface area (Å²) in [4.78, 5) is 14.7. The number of alkyl halides is 6. The van der Waals surface area contributed by atoms with Crippen molar-refractivity contribution in [2.75, 3.05) is 19.6 Å². The van der Waals surface area contributed by atoms with E-state index >= 15 is 0 Å². The maximum atomic E-state index is 14.3. The number of piperidine rings is 1. The highest BCUT2D eigenvalue weighted by Crippen LogP contribution is 2.50. The van der Waals surface area contributed by atoms with Gasteiger partial charge in [-0.25, -0.2) is 4.39 Å². The molecule has 0 amide bonds. The summed E-state index contributed by atoms with van der Waals surface area (Å²) in [5, 5.41) is 14.7. The predicted molar refractivity (Wildman–Crippen MR) is 169 cm³/mol. The second-order valence-corrected chi connectivity index (χ2v) is 14.3. The molecule has 1 aromatic heterocycles. The molecule has 0 spiro atoms. The number of carboxylic acid groups (broad SMARTS) is 1. The lowest BCUT2D eigenvalue weighted by atomic mass is 9.85. The molecule has 1 N–H and O–H groups in total. The van der Waals surface area contributed by atoms with Gasteiger partial charge in [0.25, 0.3) is 0 Å². The molecule has 3 aromatic rings. The van der Waals surface area contributed by atoms with Crippen LogP contribution in [0.4, 0.5) is 30.7 Å². The van der Waals surface area contributed by atoms with Crippen LogP contribution in [0.15, 0.2) is 48.5 Å². The van der Waals surface area contributed by atoms with Crippen LogP contribution in [0.5, 0.6) is 0 Å². The van der Waals surface area contributed by atoms with E-state index in [4.69, 9.17) is 0 Å². The number of carbonyl (C=O) groups is 1. The molecule has 3 aliphatic rings. The van der Waals surface area contributed by atoms with E-state index in [0.717, 1.165) is 81.5 Å². The molecule has 2 heterocycles.